The first kappa shape index (κ1) is 12.5. The number of esters is 1. The van der Waals surface area contributed by atoms with Crippen LogP contribution in [-0.4, -0.2) is 24.8 Å². The lowest BCUT2D eigenvalue weighted by Crippen LogP contribution is -2.63. The summed E-state index contributed by atoms with van der Waals surface area (Å²) in [4.78, 5) is 12.3. The molecule has 0 heterocycles. The van der Waals surface area contributed by atoms with Gasteiger partial charge in [-0.15, -0.1) is 0 Å². The molecule has 4 aliphatic rings. The Morgan fingerprint density at radius 2 is 1.94 bits per heavy atom. The third kappa shape index (κ3) is 1.49. The first-order valence-corrected chi connectivity index (χ1v) is 6.83. The molecule has 4 saturated carbocycles. The van der Waals surface area contributed by atoms with Crippen molar-refractivity contribution < 1.29 is 14.6 Å². The number of rotatable bonds is 2. The molecule has 4 unspecified atom stereocenters. The summed E-state index contributed by atoms with van der Waals surface area (Å²) in [6.45, 7) is 6.85. The molecule has 18 heavy (non-hydrogen) atoms. The molecule has 0 aromatic carbocycles. The Morgan fingerprint density at radius 1 is 1.22 bits per heavy atom. The highest BCUT2D eigenvalue weighted by molar-refractivity contribution is 5.78. The van der Waals surface area contributed by atoms with Crippen LogP contribution in [0.25, 0.3) is 0 Å². The van der Waals surface area contributed by atoms with Crippen molar-refractivity contribution in [2.45, 2.75) is 45.4 Å². The van der Waals surface area contributed by atoms with Crippen LogP contribution in [0.2, 0.25) is 0 Å². The van der Waals surface area contributed by atoms with E-state index in [1.807, 2.05) is 0 Å². The molecule has 4 aliphatic carbocycles. The summed E-state index contributed by atoms with van der Waals surface area (Å²) in [5.74, 6) is -0.0846. The summed E-state index contributed by atoms with van der Waals surface area (Å²) < 4.78 is 5.07. The van der Waals surface area contributed by atoms with Crippen molar-refractivity contribution in [2.24, 2.45) is 21.7 Å². The standard InChI is InChI=1S/C15H23O3/c1-12-4-13(2)6-14(5-12,10-16)9-15(7-12,8-13)11(17)18-3/h16H,1,4-10H2,2-3H3. The fourth-order valence-corrected chi connectivity index (χ4v) is 6.21. The third-order valence-corrected chi connectivity index (χ3v) is 5.50. The van der Waals surface area contributed by atoms with E-state index in [9.17, 15) is 9.90 Å². The van der Waals surface area contributed by atoms with E-state index in [-0.39, 0.29) is 34.2 Å². The Kier molecular flexibility index (Phi) is 2.28. The maximum absolute atomic E-state index is 12.3. The van der Waals surface area contributed by atoms with E-state index in [1.165, 1.54) is 7.11 Å². The minimum Gasteiger partial charge on any atom is -0.469 e. The highest BCUT2D eigenvalue weighted by Gasteiger charge is 2.68. The highest BCUT2D eigenvalue weighted by Crippen LogP contribution is 2.73. The van der Waals surface area contributed by atoms with E-state index < -0.39 is 0 Å². The first-order valence-electron chi connectivity index (χ1n) is 6.83. The summed E-state index contributed by atoms with van der Waals surface area (Å²) in [6.07, 6.45) is 5.61. The van der Waals surface area contributed by atoms with Crippen molar-refractivity contribution in [3.05, 3.63) is 6.92 Å². The van der Waals surface area contributed by atoms with Gasteiger partial charge in [0.1, 0.15) is 0 Å². The molecule has 101 valence electrons. The molecule has 0 saturated heterocycles. The smallest absolute Gasteiger partial charge is 0.311 e. The van der Waals surface area contributed by atoms with Gasteiger partial charge < -0.3 is 9.84 Å². The fourth-order valence-electron chi connectivity index (χ4n) is 6.21. The molecule has 4 fully saturated rings. The number of hydrogen-bond acceptors (Lipinski definition) is 3. The van der Waals surface area contributed by atoms with Gasteiger partial charge in [-0.3, -0.25) is 4.79 Å². The number of aliphatic hydroxyl groups is 1. The van der Waals surface area contributed by atoms with Gasteiger partial charge in [0, 0.05) is 6.61 Å². The number of hydrogen-bond donors (Lipinski definition) is 1. The Bertz CT molecular complexity index is 383. The van der Waals surface area contributed by atoms with E-state index in [4.69, 9.17) is 4.74 Å². The van der Waals surface area contributed by atoms with Crippen molar-refractivity contribution in [3.63, 3.8) is 0 Å². The van der Waals surface area contributed by atoms with E-state index >= 15 is 0 Å². The van der Waals surface area contributed by atoms with Gasteiger partial charge >= 0.3 is 5.97 Å². The Morgan fingerprint density at radius 3 is 2.50 bits per heavy atom. The fraction of sp³-hybridized carbons (Fsp3) is 0.867. The third-order valence-electron chi connectivity index (χ3n) is 5.50. The molecule has 0 aromatic heterocycles. The van der Waals surface area contributed by atoms with E-state index in [0.29, 0.717) is 0 Å². The molecule has 4 atom stereocenters. The van der Waals surface area contributed by atoms with Crippen molar-refractivity contribution >= 4 is 5.97 Å². The zero-order chi connectivity index (χ0) is 13.2. The molecule has 0 spiro atoms. The normalized spacial score (nSPS) is 53.6. The molecular formula is C15H23O3. The quantitative estimate of drug-likeness (QED) is 0.766. The Hall–Kier alpha value is -0.570. The van der Waals surface area contributed by atoms with Crippen molar-refractivity contribution in [1.82, 2.24) is 0 Å². The van der Waals surface area contributed by atoms with Crippen molar-refractivity contribution in [2.75, 3.05) is 13.7 Å². The van der Waals surface area contributed by atoms with Crippen LogP contribution in [0.15, 0.2) is 0 Å². The number of aliphatic hydroxyl groups excluding tert-OH is 1. The van der Waals surface area contributed by atoms with Gasteiger partial charge in [-0.25, -0.2) is 0 Å². The zero-order valence-electron chi connectivity index (χ0n) is 11.4. The molecule has 1 N–H and O–H groups in total. The number of carbonyl (C=O) groups is 1. The second-order valence-corrected chi connectivity index (χ2v) is 7.80. The monoisotopic (exact) mass is 251 g/mol. The van der Waals surface area contributed by atoms with Crippen LogP contribution < -0.4 is 0 Å². The van der Waals surface area contributed by atoms with E-state index in [1.54, 1.807) is 0 Å². The van der Waals surface area contributed by atoms with Crippen LogP contribution in [-0.2, 0) is 9.53 Å². The van der Waals surface area contributed by atoms with Gasteiger partial charge in [0.2, 0.25) is 0 Å². The van der Waals surface area contributed by atoms with Gasteiger partial charge in [0.05, 0.1) is 12.5 Å². The van der Waals surface area contributed by atoms with E-state index in [0.717, 1.165) is 38.5 Å². The van der Waals surface area contributed by atoms with Crippen LogP contribution in [0.5, 0.6) is 0 Å². The van der Waals surface area contributed by atoms with Gasteiger partial charge in [-0.05, 0) is 61.7 Å². The summed E-state index contributed by atoms with van der Waals surface area (Å²) in [6, 6.07) is 0. The molecule has 0 aliphatic heterocycles. The van der Waals surface area contributed by atoms with Gasteiger partial charge in [0.25, 0.3) is 0 Å². The molecule has 1 radical (unpaired) electrons. The predicted octanol–water partition coefficient (Wildman–Crippen LogP) is 2.33. The molecule has 3 heteroatoms. The second-order valence-electron chi connectivity index (χ2n) is 7.80. The topological polar surface area (TPSA) is 46.5 Å². The Labute approximate surface area is 109 Å². The highest BCUT2D eigenvalue weighted by atomic mass is 16.5. The summed E-state index contributed by atoms with van der Waals surface area (Å²) in [7, 11) is 1.48. The lowest BCUT2D eigenvalue weighted by Gasteiger charge is -2.68. The average Bonchev–Trinajstić information content (AvgIpc) is 2.23. The summed E-state index contributed by atoms with van der Waals surface area (Å²) in [5.41, 5.74) is -0.379. The molecule has 4 bridgehead atoms. The van der Waals surface area contributed by atoms with Gasteiger partial charge in [-0.1, -0.05) is 6.92 Å². The van der Waals surface area contributed by atoms with Gasteiger partial charge in [0.15, 0.2) is 0 Å². The van der Waals surface area contributed by atoms with Crippen molar-refractivity contribution in [1.29, 1.82) is 0 Å². The molecular weight excluding hydrogens is 228 g/mol. The molecule has 4 rings (SSSR count). The largest absolute Gasteiger partial charge is 0.469 e. The van der Waals surface area contributed by atoms with Crippen molar-refractivity contribution in [3.8, 4) is 0 Å². The first-order chi connectivity index (χ1) is 8.28. The van der Waals surface area contributed by atoms with Crippen LogP contribution >= 0.6 is 0 Å². The zero-order valence-corrected chi connectivity index (χ0v) is 11.4. The van der Waals surface area contributed by atoms with Crippen LogP contribution in [0.4, 0.5) is 0 Å². The minimum atomic E-state index is -0.386. The predicted molar refractivity (Wildman–Crippen MR) is 67.6 cm³/mol. The average molecular weight is 251 g/mol. The van der Waals surface area contributed by atoms with Crippen LogP contribution in [0.1, 0.15) is 45.4 Å². The number of ether oxygens (including phenoxy) is 1. The summed E-state index contributed by atoms with van der Waals surface area (Å²) >= 11 is 0. The molecule has 0 amide bonds. The lowest BCUT2D eigenvalue weighted by molar-refractivity contribution is -0.211. The summed E-state index contributed by atoms with van der Waals surface area (Å²) in [5, 5.41) is 9.85. The van der Waals surface area contributed by atoms with Crippen LogP contribution in [0.3, 0.4) is 0 Å². The van der Waals surface area contributed by atoms with E-state index in [2.05, 4.69) is 13.8 Å². The van der Waals surface area contributed by atoms with Gasteiger partial charge in [-0.2, -0.15) is 0 Å². The second kappa shape index (κ2) is 3.30. The lowest BCUT2D eigenvalue weighted by atomic mass is 9.36. The Balaban J connectivity index is 2.07. The SMILES string of the molecule is [CH2]C12CC3(C)CC(CO)(C1)CC(C(=O)OC)(C2)C3. The maximum Gasteiger partial charge on any atom is 0.311 e. The number of carbonyl (C=O) groups excluding carboxylic acids is 1. The molecule has 0 aromatic rings. The number of methoxy groups -OCH3 is 1. The maximum atomic E-state index is 12.3. The molecule has 3 nitrogen and oxygen atoms in total. The van der Waals surface area contributed by atoms with Crippen LogP contribution in [0, 0.1) is 28.6 Å². The minimum absolute atomic E-state index is 0.0413.